The van der Waals surface area contributed by atoms with Crippen LogP contribution in [0.4, 0.5) is 0 Å². The molecule has 0 radical (unpaired) electrons. The maximum absolute atomic E-state index is 11.4. The number of rotatable bonds is 3. The Morgan fingerprint density at radius 1 is 1.50 bits per heavy atom. The first-order chi connectivity index (χ1) is 7.45. The molecule has 0 aliphatic heterocycles. The fourth-order valence-corrected chi connectivity index (χ4v) is 3.09. The summed E-state index contributed by atoms with van der Waals surface area (Å²) in [6.45, 7) is 2.01. The molecule has 0 atom stereocenters. The number of hydrogen-bond acceptors (Lipinski definition) is 4. The highest BCUT2D eigenvalue weighted by molar-refractivity contribution is 8.13. The molecule has 0 fully saturated rings. The zero-order chi connectivity index (χ0) is 12.3. The molecule has 0 heterocycles. The van der Waals surface area contributed by atoms with E-state index in [1.165, 1.54) is 6.07 Å². The Labute approximate surface area is 99.1 Å². The Morgan fingerprint density at radius 2 is 2.12 bits per heavy atom. The van der Waals surface area contributed by atoms with Crippen molar-refractivity contribution in [3.05, 3.63) is 28.8 Å². The van der Waals surface area contributed by atoms with E-state index in [2.05, 4.69) is 0 Å². The van der Waals surface area contributed by atoms with Gasteiger partial charge in [-0.15, -0.1) is 0 Å². The standard InChI is InChI=1S/C10H11ClN2O2S/c1-2-9-7(5-12)3-4-8(6-13)10(9)16(11,14)15/h3-4H,2,5,12H2,1H3. The van der Waals surface area contributed by atoms with E-state index in [4.69, 9.17) is 21.7 Å². The van der Waals surface area contributed by atoms with Crippen LogP contribution in [-0.4, -0.2) is 8.42 Å². The van der Waals surface area contributed by atoms with E-state index < -0.39 is 9.05 Å². The normalized spacial score (nSPS) is 11.1. The fourth-order valence-electron chi connectivity index (χ4n) is 1.61. The maximum atomic E-state index is 11.4. The quantitative estimate of drug-likeness (QED) is 0.833. The second kappa shape index (κ2) is 4.83. The smallest absolute Gasteiger partial charge is 0.262 e. The molecule has 0 saturated carbocycles. The minimum atomic E-state index is -3.93. The molecule has 0 aromatic heterocycles. The van der Waals surface area contributed by atoms with Crippen LogP contribution in [0.3, 0.4) is 0 Å². The van der Waals surface area contributed by atoms with Crippen molar-refractivity contribution in [1.82, 2.24) is 0 Å². The van der Waals surface area contributed by atoms with Gasteiger partial charge in [0.05, 0.1) is 5.56 Å². The minimum Gasteiger partial charge on any atom is -0.326 e. The lowest BCUT2D eigenvalue weighted by Crippen LogP contribution is -2.08. The third kappa shape index (κ3) is 2.35. The molecular weight excluding hydrogens is 248 g/mol. The third-order valence-corrected chi connectivity index (χ3v) is 3.71. The van der Waals surface area contributed by atoms with E-state index in [9.17, 15) is 8.42 Å². The van der Waals surface area contributed by atoms with Gasteiger partial charge in [0, 0.05) is 17.2 Å². The Kier molecular flexibility index (Phi) is 3.92. The van der Waals surface area contributed by atoms with E-state index in [0.717, 1.165) is 0 Å². The van der Waals surface area contributed by atoms with Crippen LogP contribution in [0.15, 0.2) is 17.0 Å². The molecule has 0 aliphatic rings. The molecule has 0 unspecified atom stereocenters. The second-order valence-electron chi connectivity index (χ2n) is 3.19. The van der Waals surface area contributed by atoms with E-state index in [-0.39, 0.29) is 17.0 Å². The average Bonchev–Trinajstić information content (AvgIpc) is 2.25. The van der Waals surface area contributed by atoms with E-state index in [0.29, 0.717) is 17.5 Å². The lowest BCUT2D eigenvalue weighted by Gasteiger charge is -2.11. The Morgan fingerprint density at radius 3 is 2.50 bits per heavy atom. The molecule has 86 valence electrons. The average molecular weight is 259 g/mol. The van der Waals surface area contributed by atoms with Gasteiger partial charge in [-0.3, -0.25) is 0 Å². The second-order valence-corrected chi connectivity index (χ2v) is 5.69. The van der Waals surface area contributed by atoms with Crippen molar-refractivity contribution in [3.8, 4) is 6.07 Å². The number of nitrogens with two attached hydrogens (primary N) is 1. The highest BCUT2D eigenvalue weighted by atomic mass is 35.7. The zero-order valence-corrected chi connectivity index (χ0v) is 10.3. The molecule has 0 aliphatic carbocycles. The van der Waals surface area contributed by atoms with Crippen LogP contribution in [0.25, 0.3) is 0 Å². The Balaban J connectivity index is 3.72. The molecule has 2 N–H and O–H groups in total. The number of hydrogen-bond donors (Lipinski definition) is 1. The first-order valence-electron chi connectivity index (χ1n) is 4.65. The number of benzene rings is 1. The van der Waals surface area contributed by atoms with Crippen molar-refractivity contribution >= 4 is 19.7 Å². The highest BCUT2D eigenvalue weighted by Gasteiger charge is 2.21. The van der Waals surface area contributed by atoms with Gasteiger partial charge in [-0.1, -0.05) is 13.0 Å². The summed E-state index contributed by atoms with van der Waals surface area (Å²) >= 11 is 0. The number of nitrogens with zero attached hydrogens (tertiary/aromatic N) is 1. The Bertz CT molecular complexity index is 547. The molecule has 1 aromatic carbocycles. The summed E-state index contributed by atoms with van der Waals surface area (Å²) in [5.41, 5.74) is 6.79. The van der Waals surface area contributed by atoms with Crippen LogP contribution in [0, 0.1) is 11.3 Å². The topological polar surface area (TPSA) is 83.9 Å². The van der Waals surface area contributed by atoms with Crippen LogP contribution in [0.1, 0.15) is 23.6 Å². The molecular formula is C10H11ClN2O2S. The van der Waals surface area contributed by atoms with Crippen LogP contribution in [-0.2, 0) is 22.0 Å². The predicted octanol–water partition coefficient (Wildman–Crippen LogP) is 1.51. The van der Waals surface area contributed by atoms with Gasteiger partial charge in [0.15, 0.2) is 0 Å². The molecule has 0 amide bonds. The van der Waals surface area contributed by atoms with Crippen LogP contribution in [0.2, 0.25) is 0 Å². The van der Waals surface area contributed by atoms with Gasteiger partial charge in [-0.2, -0.15) is 5.26 Å². The molecule has 0 bridgehead atoms. The van der Waals surface area contributed by atoms with Crippen LogP contribution < -0.4 is 5.73 Å². The SMILES string of the molecule is CCc1c(CN)ccc(C#N)c1S(=O)(=O)Cl. The summed E-state index contributed by atoms with van der Waals surface area (Å²) in [4.78, 5) is -0.109. The van der Waals surface area contributed by atoms with Gasteiger partial charge < -0.3 is 5.73 Å². The number of halogens is 1. The monoisotopic (exact) mass is 258 g/mol. The van der Waals surface area contributed by atoms with Gasteiger partial charge in [0.1, 0.15) is 11.0 Å². The lowest BCUT2D eigenvalue weighted by molar-refractivity contribution is 0.608. The van der Waals surface area contributed by atoms with Crippen LogP contribution in [0.5, 0.6) is 0 Å². The van der Waals surface area contributed by atoms with Crippen molar-refractivity contribution in [2.45, 2.75) is 24.8 Å². The third-order valence-electron chi connectivity index (χ3n) is 2.30. The van der Waals surface area contributed by atoms with Crippen molar-refractivity contribution in [2.75, 3.05) is 0 Å². The number of nitriles is 1. The predicted molar refractivity (Wildman–Crippen MR) is 61.5 cm³/mol. The van der Waals surface area contributed by atoms with Crippen LogP contribution >= 0.6 is 10.7 Å². The summed E-state index contributed by atoms with van der Waals surface area (Å²) in [6.07, 6.45) is 0.462. The van der Waals surface area contributed by atoms with Gasteiger partial charge >= 0.3 is 0 Å². The fraction of sp³-hybridized carbons (Fsp3) is 0.300. The summed E-state index contributed by atoms with van der Waals surface area (Å²) < 4.78 is 22.9. The van der Waals surface area contributed by atoms with E-state index >= 15 is 0 Å². The summed E-state index contributed by atoms with van der Waals surface area (Å²) in [5, 5.41) is 8.86. The van der Waals surface area contributed by atoms with Crippen molar-refractivity contribution < 1.29 is 8.42 Å². The highest BCUT2D eigenvalue weighted by Crippen LogP contribution is 2.27. The van der Waals surface area contributed by atoms with Gasteiger partial charge in [0.25, 0.3) is 9.05 Å². The molecule has 6 heteroatoms. The Hall–Kier alpha value is -1.09. The zero-order valence-electron chi connectivity index (χ0n) is 8.70. The van der Waals surface area contributed by atoms with Crippen molar-refractivity contribution in [3.63, 3.8) is 0 Å². The van der Waals surface area contributed by atoms with Crippen molar-refractivity contribution in [2.24, 2.45) is 5.73 Å². The molecule has 0 saturated heterocycles. The van der Waals surface area contributed by atoms with Crippen molar-refractivity contribution in [1.29, 1.82) is 5.26 Å². The summed E-state index contributed by atoms with van der Waals surface area (Å²) in [5.74, 6) is 0. The van der Waals surface area contributed by atoms with Gasteiger partial charge in [0.2, 0.25) is 0 Å². The minimum absolute atomic E-state index is 0.0593. The lowest BCUT2D eigenvalue weighted by atomic mass is 10.0. The molecule has 4 nitrogen and oxygen atoms in total. The van der Waals surface area contributed by atoms with E-state index in [1.807, 2.05) is 6.07 Å². The van der Waals surface area contributed by atoms with Gasteiger partial charge in [-0.05, 0) is 23.6 Å². The van der Waals surface area contributed by atoms with Gasteiger partial charge in [-0.25, -0.2) is 8.42 Å². The summed E-state index contributed by atoms with van der Waals surface area (Å²) in [7, 11) is 1.41. The first-order valence-corrected chi connectivity index (χ1v) is 6.96. The summed E-state index contributed by atoms with van der Waals surface area (Å²) in [6, 6.07) is 4.91. The first kappa shape index (κ1) is 13.0. The largest absolute Gasteiger partial charge is 0.326 e. The van der Waals surface area contributed by atoms with E-state index in [1.54, 1.807) is 13.0 Å². The molecule has 0 spiro atoms. The molecule has 1 rings (SSSR count). The maximum Gasteiger partial charge on any atom is 0.262 e. The molecule has 1 aromatic rings. The molecule has 16 heavy (non-hydrogen) atoms.